The van der Waals surface area contributed by atoms with Crippen molar-refractivity contribution in [3.05, 3.63) is 71.8 Å². The summed E-state index contributed by atoms with van der Waals surface area (Å²) in [5, 5.41) is 0. The van der Waals surface area contributed by atoms with Crippen LogP contribution in [0.2, 0.25) is 0 Å². The summed E-state index contributed by atoms with van der Waals surface area (Å²) in [6, 6.07) is 21.6. The number of rotatable bonds is 6. The Morgan fingerprint density at radius 1 is 0.739 bits per heavy atom. The number of hydrogen-bond donors (Lipinski definition) is 1. The molecule has 0 bridgehead atoms. The molecule has 0 spiro atoms. The summed E-state index contributed by atoms with van der Waals surface area (Å²) in [6.07, 6.45) is 4.42. The molecule has 3 rings (SSSR count). The standard InChI is InChI=1S/C21H27NO/c22-21-19(13-11-17-7-3-1-4-8-17)15-23-16-20(21)14-12-18-9-5-2-6-10-18/h1-10,19-21H,11-16,22H2/t19-,20+,21?. The van der Waals surface area contributed by atoms with Gasteiger partial charge in [0.05, 0.1) is 13.2 Å². The maximum atomic E-state index is 6.57. The molecule has 2 aromatic rings. The highest BCUT2D eigenvalue weighted by Crippen LogP contribution is 2.26. The van der Waals surface area contributed by atoms with Crippen LogP contribution in [0.15, 0.2) is 60.7 Å². The third kappa shape index (κ3) is 4.66. The van der Waals surface area contributed by atoms with Crippen molar-refractivity contribution in [2.75, 3.05) is 13.2 Å². The molecule has 3 atom stereocenters. The Hall–Kier alpha value is -1.64. The topological polar surface area (TPSA) is 35.2 Å². The van der Waals surface area contributed by atoms with Gasteiger partial charge >= 0.3 is 0 Å². The van der Waals surface area contributed by atoms with Crippen LogP contribution in [0.4, 0.5) is 0 Å². The van der Waals surface area contributed by atoms with Gasteiger partial charge in [0.25, 0.3) is 0 Å². The molecular weight excluding hydrogens is 282 g/mol. The fraction of sp³-hybridized carbons (Fsp3) is 0.429. The van der Waals surface area contributed by atoms with Gasteiger partial charge in [-0.15, -0.1) is 0 Å². The van der Waals surface area contributed by atoms with Gasteiger partial charge < -0.3 is 10.5 Å². The number of benzene rings is 2. The number of aryl methyl sites for hydroxylation is 2. The van der Waals surface area contributed by atoms with E-state index in [0.717, 1.165) is 38.9 Å². The maximum Gasteiger partial charge on any atom is 0.0509 e. The summed E-state index contributed by atoms with van der Waals surface area (Å²) in [5.74, 6) is 0.953. The molecule has 1 aliphatic rings. The first-order chi connectivity index (χ1) is 11.3. The van der Waals surface area contributed by atoms with Crippen molar-refractivity contribution in [3.63, 3.8) is 0 Å². The molecule has 0 radical (unpaired) electrons. The van der Waals surface area contributed by atoms with Crippen LogP contribution in [-0.2, 0) is 17.6 Å². The average molecular weight is 309 g/mol. The highest BCUT2D eigenvalue weighted by Gasteiger charge is 2.30. The van der Waals surface area contributed by atoms with E-state index < -0.39 is 0 Å². The van der Waals surface area contributed by atoms with Crippen LogP contribution in [0, 0.1) is 11.8 Å². The zero-order valence-corrected chi connectivity index (χ0v) is 13.7. The fourth-order valence-electron chi connectivity index (χ4n) is 3.52. The second kappa shape index (κ2) is 8.28. The Morgan fingerprint density at radius 2 is 1.17 bits per heavy atom. The number of hydrogen-bond acceptors (Lipinski definition) is 2. The molecule has 0 aliphatic carbocycles. The van der Waals surface area contributed by atoms with E-state index in [-0.39, 0.29) is 6.04 Å². The minimum atomic E-state index is 0.260. The number of ether oxygens (including phenoxy) is 1. The molecule has 1 unspecified atom stereocenters. The van der Waals surface area contributed by atoms with Gasteiger partial charge in [-0.3, -0.25) is 0 Å². The van der Waals surface area contributed by atoms with Gasteiger partial charge in [0.1, 0.15) is 0 Å². The minimum Gasteiger partial charge on any atom is -0.381 e. The molecule has 23 heavy (non-hydrogen) atoms. The highest BCUT2D eigenvalue weighted by molar-refractivity contribution is 5.15. The van der Waals surface area contributed by atoms with E-state index >= 15 is 0 Å². The molecule has 1 saturated heterocycles. The van der Waals surface area contributed by atoms with Crippen LogP contribution in [0.1, 0.15) is 24.0 Å². The lowest BCUT2D eigenvalue weighted by Gasteiger charge is -2.36. The normalized spacial score (nSPS) is 24.5. The van der Waals surface area contributed by atoms with E-state index in [2.05, 4.69) is 60.7 Å². The van der Waals surface area contributed by atoms with Gasteiger partial charge in [-0.25, -0.2) is 0 Å². The average Bonchev–Trinajstić information content (AvgIpc) is 2.61. The first kappa shape index (κ1) is 16.2. The van der Waals surface area contributed by atoms with Crippen LogP contribution in [0.3, 0.4) is 0 Å². The van der Waals surface area contributed by atoms with E-state index in [4.69, 9.17) is 10.5 Å². The van der Waals surface area contributed by atoms with Gasteiger partial charge in [0, 0.05) is 6.04 Å². The van der Waals surface area contributed by atoms with E-state index in [9.17, 15) is 0 Å². The lowest BCUT2D eigenvalue weighted by Crippen LogP contribution is -2.46. The van der Waals surface area contributed by atoms with Crippen LogP contribution >= 0.6 is 0 Å². The Kier molecular flexibility index (Phi) is 5.84. The van der Waals surface area contributed by atoms with Crippen molar-refractivity contribution < 1.29 is 4.74 Å². The van der Waals surface area contributed by atoms with Crippen molar-refractivity contribution in [1.82, 2.24) is 0 Å². The summed E-state index contributed by atoms with van der Waals surface area (Å²) < 4.78 is 5.86. The van der Waals surface area contributed by atoms with Crippen LogP contribution in [0.25, 0.3) is 0 Å². The summed E-state index contributed by atoms with van der Waals surface area (Å²) >= 11 is 0. The van der Waals surface area contributed by atoms with Crippen LogP contribution in [-0.4, -0.2) is 19.3 Å². The van der Waals surface area contributed by atoms with Crippen molar-refractivity contribution in [2.45, 2.75) is 31.7 Å². The molecule has 2 heteroatoms. The van der Waals surface area contributed by atoms with E-state index in [1.54, 1.807) is 0 Å². The van der Waals surface area contributed by atoms with Gasteiger partial charge in [-0.2, -0.15) is 0 Å². The fourth-order valence-corrected chi connectivity index (χ4v) is 3.52. The van der Waals surface area contributed by atoms with Crippen LogP contribution in [0.5, 0.6) is 0 Å². The predicted octanol–water partition coefficient (Wildman–Crippen LogP) is 3.84. The third-order valence-corrected chi connectivity index (χ3v) is 5.05. The van der Waals surface area contributed by atoms with E-state index in [1.807, 2.05) is 0 Å². The Labute approximate surface area is 139 Å². The zero-order chi connectivity index (χ0) is 15.9. The largest absolute Gasteiger partial charge is 0.381 e. The van der Waals surface area contributed by atoms with Gasteiger partial charge in [-0.05, 0) is 48.6 Å². The summed E-state index contributed by atoms with van der Waals surface area (Å²) in [4.78, 5) is 0. The molecule has 0 saturated carbocycles. The van der Waals surface area contributed by atoms with E-state index in [1.165, 1.54) is 11.1 Å². The molecule has 1 fully saturated rings. The predicted molar refractivity (Wildman–Crippen MR) is 95.3 cm³/mol. The van der Waals surface area contributed by atoms with Crippen molar-refractivity contribution in [1.29, 1.82) is 0 Å². The van der Waals surface area contributed by atoms with Gasteiger partial charge in [0.2, 0.25) is 0 Å². The molecule has 2 nitrogen and oxygen atoms in total. The first-order valence-corrected chi connectivity index (χ1v) is 8.74. The molecule has 1 heterocycles. The molecule has 0 amide bonds. The Balaban J connectivity index is 1.50. The smallest absolute Gasteiger partial charge is 0.0509 e. The van der Waals surface area contributed by atoms with Gasteiger partial charge in [0.15, 0.2) is 0 Å². The monoisotopic (exact) mass is 309 g/mol. The summed E-state index contributed by atoms with van der Waals surface area (Å²) in [7, 11) is 0. The van der Waals surface area contributed by atoms with Gasteiger partial charge in [-0.1, -0.05) is 60.7 Å². The van der Waals surface area contributed by atoms with Crippen molar-refractivity contribution >= 4 is 0 Å². The van der Waals surface area contributed by atoms with Crippen LogP contribution < -0.4 is 5.73 Å². The lowest BCUT2D eigenvalue weighted by atomic mass is 9.81. The molecule has 2 N–H and O–H groups in total. The molecule has 2 aromatic carbocycles. The second-order valence-corrected chi connectivity index (χ2v) is 6.68. The minimum absolute atomic E-state index is 0.260. The Morgan fingerprint density at radius 3 is 1.61 bits per heavy atom. The third-order valence-electron chi connectivity index (χ3n) is 5.05. The maximum absolute atomic E-state index is 6.57. The second-order valence-electron chi connectivity index (χ2n) is 6.68. The molecule has 0 aromatic heterocycles. The zero-order valence-electron chi connectivity index (χ0n) is 13.7. The molecule has 1 aliphatic heterocycles. The lowest BCUT2D eigenvalue weighted by molar-refractivity contribution is -0.00503. The SMILES string of the molecule is NC1[C@H](CCc2ccccc2)COC[C@@H]1CCc1ccccc1. The molecular formula is C21H27NO. The summed E-state index contributed by atoms with van der Waals surface area (Å²) in [6.45, 7) is 1.63. The first-order valence-electron chi connectivity index (χ1n) is 8.74. The highest BCUT2D eigenvalue weighted by atomic mass is 16.5. The Bertz CT molecular complexity index is 517. The quantitative estimate of drug-likeness (QED) is 0.880. The van der Waals surface area contributed by atoms with E-state index in [0.29, 0.717) is 11.8 Å². The number of nitrogens with two attached hydrogens (primary N) is 1. The summed E-state index contributed by atoms with van der Waals surface area (Å²) in [5.41, 5.74) is 9.36. The molecule has 122 valence electrons. The van der Waals surface area contributed by atoms with Crippen molar-refractivity contribution in [2.24, 2.45) is 17.6 Å². The van der Waals surface area contributed by atoms with Crippen molar-refractivity contribution in [3.8, 4) is 0 Å².